The molecule has 0 N–H and O–H groups in total. The lowest BCUT2D eigenvalue weighted by Gasteiger charge is -2.18. The van der Waals surface area contributed by atoms with Gasteiger partial charge in [-0.15, -0.1) is 0 Å². The van der Waals surface area contributed by atoms with Crippen LogP contribution in [0.25, 0.3) is 11.0 Å². The summed E-state index contributed by atoms with van der Waals surface area (Å²) in [7, 11) is 3.33. The summed E-state index contributed by atoms with van der Waals surface area (Å²) in [6.07, 6.45) is 1.88. The number of hydrogen-bond donors (Lipinski definition) is 0. The van der Waals surface area contributed by atoms with Crippen molar-refractivity contribution < 1.29 is 9.47 Å². The van der Waals surface area contributed by atoms with E-state index in [0.717, 1.165) is 67.4 Å². The molecular formula is C23H31N3O2. The highest BCUT2D eigenvalue weighted by molar-refractivity contribution is 5.76. The zero-order chi connectivity index (χ0) is 19.9. The zero-order valence-electron chi connectivity index (χ0n) is 17.4. The Morgan fingerprint density at radius 2 is 1.71 bits per heavy atom. The van der Waals surface area contributed by atoms with E-state index < -0.39 is 0 Å². The lowest BCUT2D eigenvalue weighted by molar-refractivity contribution is 0.293. The average molecular weight is 382 g/mol. The van der Waals surface area contributed by atoms with Crippen LogP contribution in [0.5, 0.6) is 11.5 Å². The quantitative estimate of drug-likeness (QED) is 0.523. The molecule has 2 aromatic carbocycles. The fourth-order valence-electron chi connectivity index (χ4n) is 3.68. The molecule has 0 bridgehead atoms. The molecule has 1 aromatic heterocycles. The summed E-state index contributed by atoms with van der Waals surface area (Å²) < 4.78 is 13.2. The Morgan fingerprint density at radius 1 is 0.964 bits per heavy atom. The molecule has 0 radical (unpaired) electrons. The summed E-state index contributed by atoms with van der Waals surface area (Å²) in [5.74, 6) is 2.59. The first-order valence-electron chi connectivity index (χ1n) is 10.1. The number of rotatable bonds is 10. The third-order valence-corrected chi connectivity index (χ3v) is 5.29. The highest BCUT2D eigenvalue weighted by Gasteiger charge is 2.13. The van der Waals surface area contributed by atoms with E-state index in [4.69, 9.17) is 14.5 Å². The Labute approximate surface area is 167 Å². The molecule has 5 nitrogen and oxygen atoms in total. The summed E-state index contributed by atoms with van der Waals surface area (Å²) in [5, 5.41) is 0. The van der Waals surface area contributed by atoms with E-state index in [1.165, 1.54) is 5.52 Å². The number of imidazole rings is 1. The van der Waals surface area contributed by atoms with Gasteiger partial charge in [-0.3, -0.25) is 0 Å². The van der Waals surface area contributed by atoms with Gasteiger partial charge in [-0.05, 0) is 55.9 Å². The van der Waals surface area contributed by atoms with Gasteiger partial charge < -0.3 is 18.9 Å². The van der Waals surface area contributed by atoms with Crippen LogP contribution in [-0.4, -0.2) is 48.3 Å². The number of nitrogens with zero attached hydrogens (tertiary/aromatic N) is 3. The van der Waals surface area contributed by atoms with Gasteiger partial charge in [0.2, 0.25) is 0 Å². The Morgan fingerprint density at radius 3 is 2.43 bits per heavy atom. The van der Waals surface area contributed by atoms with Gasteiger partial charge in [-0.1, -0.05) is 32.0 Å². The number of aromatic nitrogens is 2. The van der Waals surface area contributed by atoms with Crippen LogP contribution in [0.4, 0.5) is 0 Å². The molecule has 0 atom stereocenters. The molecule has 0 amide bonds. The molecular weight excluding hydrogens is 350 g/mol. The highest BCUT2D eigenvalue weighted by atomic mass is 16.5. The van der Waals surface area contributed by atoms with Crippen LogP contribution in [-0.2, 0) is 13.0 Å². The summed E-state index contributed by atoms with van der Waals surface area (Å²) in [5.41, 5.74) is 3.43. The molecule has 0 aliphatic heterocycles. The van der Waals surface area contributed by atoms with Crippen molar-refractivity contribution in [3.63, 3.8) is 0 Å². The van der Waals surface area contributed by atoms with Crippen molar-refractivity contribution in [3.8, 4) is 11.5 Å². The molecule has 0 aliphatic carbocycles. The summed E-state index contributed by atoms with van der Waals surface area (Å²) >= 11 is 0. The molecule has 3 aromatic rings. The largest absolute Gasteiger partial charge is 0.493 e. The normalized spacial score (nSPS) is 11.3. The van der Waals surface area contributed by atoms with Gasteiger partial charge in [0.15, 0.2) is 11.5 Å². The van der Waals surface area contributed by atoms with Gasteiger partial charge in [0.1, 0.15) is 5.82 Å². The third kappa shape index (κ3) is 4.47. The van der Waals surface area contributed by atoms with Crippen molar-refractivity contribution in [1.29, 1.82) is 0 Å². The van der Waals surface area contributed by atoms with E-state index in [-0.39, 0.29) is 0 Å². The fourth-order valence-corrected chi connectivity index (χ4v) is 3.68. The maximum Gasteiger partial charge on any atom is 0.161 e. The number of ether oxygens (including phenoxy) is 2. The standard InChI is InChI=1S/C23H31N3O2/c1-5-25(6-2)14-9-15-26-20-11-8-7-10-19(20)24-23(26)17-18-12-13-21(27-3)22(16-18)28-4/h7-8,10-13,16H,5-6,9,14-15,17H2,1-4H3. The van der Waals surface area contributed by atoms with Crippen LogP contribution in [0.2, 0.25) is 0 Å². The first kappa shape index (κ1) is 20.2. The number of methoxy groups -OCH3 is 2. The molecule has 0 saturated carbocycles. The van der Waals surface area contributed by atoms with Gasteiger partial charge in [0.05, 0.1) is 25.3 Å². The minimum Gasteiger partial charge on any atom is -0.493 e. The molecule has 0 fully saturated rings. The SMILES string of the molecule is CCN(CC)CCCn1c(Cc2ccc(OC)c(OC)c2)nc2ccccc21. The predicted molar refractivity (Wildman–Crippen MR) is 114 cm³/mol. The first-order valence-corrected chi connectivity index (χ1v) is 10.1. The molecule has 0 saturated heterocycles. The van der Waals surface area contributed by atoms with Crippen molar-refractivity contribution >= 4 is 11.0 Å². The van der Waals surface area contributed by atoms with Crippen molar-refractivity contribution in [3.05, 3.63) is 53.9 Å². The molecule has 5 heteroatoms. The van der Waals surface area contributed by atoms with Crippen LogP contribution in [0.3, 0.4) is 0 Å². The Kier molecular flexibility index (Phi) is 6.93. The Hall–Kier alpha value is -2.53. The lowest BCUT2D eigenvalue weighted by atomic mass is 10.1. The van der Waals surface area contributed by atoms with Gasteiger partial charge in [-0.2, -0.15) is 0 Å². The lowest BCUT2D eigenvalue weighted by Crippen LogP contribution is -2.25. The summed E-state index contributed by atoms with van der Waals surface area (Å²) in [4.78, 5) is 7.39. The second-order valence-corrected chi connectivity index (χ2v) is 6.91. The zero-order valence-corrected chi connectivity index (χ0v) is 17.4. The third-order valence-electron chi connectivity index (χ3n) is 5.29. The van der Waals surface area contributed by atoms with Crippen LogP contribution < -0.4 is 9.47 Å². The highest BCUT2D eigenvalue weighted by Crippen LogP contribution is 2.29. The second-order valence-electron chi connectivity index (χ2n) is 6.91. The number of para-hydroxylation sites is 2. The van der Waals surface area contributed by atoms with E-state index in [1.54, 1.807) is 14.2 Å². The number of aryl methyl sites for hydroxylation is 1. The number of fused-ring (bicyclic) bond motifs is 1. The topological polar surface area (TPSA) is 39.5 Å². The maximum atomic E-state index is 5.46. The van der Waals surface area contributed by atoms with Crippen LogP contribution in [0.1, 0.15) is 31.7 Å². The van der Waals surface area contributed by atoms with Gasteiger partial charge in [0, 0.05) is 13.0 Å². The second kappa shape index (κ2) is 9.60. The Bertz CT molecular complexity index is 900. The van der Waals surface area contributed by atoms with E-state index in [2.05, 4.69) is 53.6 Å². The first-order chi connectivity index (χ1) is 13.7. The van der Waals surface area contributed by atoms with Crippen molar-refractivity contribution in [1.82, 2.24) is 14.5 Å². The molecule has 0 spiro atoms. The Balaban J connectivity index is 1.86. The van der Waals surface area contributed by atoms with Crippen molar-refractivity contribution in [2.45, 2.75) is 33.2 Å². The van der Waals surface area contributed by atoms with Crippen molar-refractivity contribution in [2.24, 2.45) is 0 Å². The number of hydrogen-bond acceptors (Lipinski definition) is 4. The number of benzene rings is 2. The predicted octanol–water partition coefficient (Wildman–Crippen LogP) is 4.38. The van der Waals surface area contributed by atoms with Gasteiger partial charge >= 0.3 is 0 Å². The van der Waals surface area contributed by atoms with Gasteiger partial charge in [-0.25, -0.2) is 4.98 Å². The van der Waals surface area contributed by atoms with Crippen LogP contribution >= 0.6 is 0 Å². The molecule has 0 aliphatic rings. The van der Waals surface area contributed by atoms with E-state index in [1.807, 2.05) is 12.1 Å². The summed E-state index contributed by atoms with van der Waals surface area (Å²) in [6.45, 7) is 8.71. The van der Waals surface area contributed by atoms with Gasteiger partial charge in [0.25, 0.3) is 0 Å². The smallest absolute Gasteiger partial charge is 0.161 e. The molecule has 28 heavy (non-hydrogen) atoms. The van der Waals surface area contributed by atoms with E-state index in [0.29, 0.717) is 0 Å². The molecule has 0 unspecified atom stereocenters. The maximum absolute atomic E-state index is 5.46. The average Bonchev–Trinajstić information content (AvgIpc) is 3.08. The fraction of sp³-hybridized carbons (Fsp3) is 0.435. The minimum atomic E-state index is 0.749. The van der Waals surface area contributed by atoms with E-state index in [9.17, 15) is 0 Å². The monoisotopic (exact) mass is 381 g/mol. The molecule has 3 rings (SSSR count). The molecule has 1 heterocycles. The summed E-state index contributed by atoms with van der Waals surface area (Å²) in [6, 6.07) is 14.5. The van der Waals surface area contributed by atoms with Crippen LogP contribution in [0, 0.1) is 0 Å². The van der Waals surface area contributed by atoms with E-state index >= 15 is 0 Å². The minimum absolute atomic E-state index is 0.749. The van der Waals surface area contributed by atoms with Crippen LogP contribution in [0.15, 0.2) is 42.5 Å². The molecule has 150 valence electrons. The van der Waals surface area contributed by atoms with Crippen molar-refractivity contribution in [2.75, 3.05) is 33.9 Å².